The van der Waals surface area contributed by atoms with Crippen LogP contribution < -0.4 is 15.0 Å². The van der Waals surface area contributed by atoms with Gasteiger partial charge in [-0.1, -0.05) is 29.3 Å². The lowest BCUT2D eigenvalue weighted by molar-refractivity contribution is -0.117. The summed E-state index contributed by atoms with van der Waals surface area (Å²) >= 11 is 12.1. The zero-order valence-corrected chi connectivity index (χ0v) is 20.5. The number of aromatic nitrogens is 1. The van der Waals surface area contributed by atoms with Crippen molar-refractivity contribution in [3.63, 3.8) is 0 Å². The zero-order valence-electron chi connectivity index (χ0n) is 19.0. The lowest BCUT2D eigenvalue weighted by Gasteiger charge is -2.36. The van der Waals surface area contributed by atoms with Crippen molar-refractivity contribution in [2.75, 3.05) is 42.9 Å². The molecule has 4 aromatic rings. The van der Waals surface area contributed by atoms with Gasteiger partial charge in [0.2, 0.25) is 5.91 Å². The SMILES string of the molecule is O=C(CN1CCN(c2ccnc3cc(Cl)ccc23)CC1)Nc1ccc(Oc2cccc(Cl)c2)cc1. The molecule has 0 unspecified atom stereocenters. The number of carbonyl (C=O) groups excluding carboxylic acids is 1. The molecule has 1 saturated heterocycles. The van der Waals surface area contributed by atoms with E-state index in [0.717, 1.165) is 48.5 Å². The van der Waals surface area contributed by atoms with Crippen LogP contribution in [0.3, 0.4) is 0 Å². The summed E-state index contributed by atoms with van der Waals surface area (Å²) in [6.07, 6.45) is 1.82. The van der Waals surface area contributed by atoms with Crippen LogP contribution in [0.5, 0.6) is 11.5 Å². The second kappa shape index (κ2) is 10.5. The van der Waals surface area contributed by atoms with Crippen LogP contribution in [0.15, 0.2) is 79.0 Å². The molecule has 0 radical (unpaired) electrons. The average Bonchev–Trinajstić information content (AvgIpc) is 2.85. The van der Waals surface area contributed by atoms with Crippen molar-refractivity contribution in [3.05, 3.63) is 89.0 Å². The number of amides is 1. The Kier molecular flexibility index (Phi) is 7.04. The van der Waals surface area contributed by atoms with E-state index in [1.165, 1.54) is 0 Å². The highest BCUT2D eigenvalue weighted by Gasteiger charge is 2.20. The summed E-state index contributed by atoms with van der Waals surface area (Å²) < 4.78 is 5.80. The lowest BCUT2D eigenvalue weighted by atomic mass is 10.1. The van der Waals surface area contributed by atoms with Gasteiger partial charge >= 0.3 is 0 Å². The number of fused-ring (bicyclic) bond motifs is 1. The molecule has 1 aliphatic rings. The Bertz CT molecular complexity index is 1340. The number of nitrogens with zero attached hydrogens (tertiary/aromatic N) is 3. The number of rotatable bonds is 6. The van der Waals surface area contributed by atoms with Gasteiger partial charge in [0.25, 0.3) is 0 Å². The topological polar surface area (TPSA) is 57.7 Å². The molecular formula is C27H24Cl2N4O2. The fourth-order valence-electron chi connectivity index (χ4n) is 4.21. The van der Waals surface area contributed by atoms with E-state index in [2.05, 4.69) is 20.1 Å². The quantitative estimate of drug-likeness (QED) is 0.342. The van der Waals surface area contributed by atoms with Crippen molar-refractivity contribution in [3.8, 4) is 11.5 Å². The molecule has 178 valence electrons. The molecular weight excluding hydrogens is 483 g/mol. The Hall–Kier alpha value is -3.32. The predicted molar refractivity (Wildman–Crippen MR) is 142 cm³/mol. The van der Waals surface area contributed by atoms with Gasteiger partial charge in [0.15, 0.2) is 0 Å². The maximum atomic E-state index is 12.6. The first-order valence-corrected chi connectivity index (χ1v) is 12.1. The number of halogens is 2. The van der Waals surface area contributed by atoms with Crippen LogP contribution in [-0.4, -0.2) is 48.5 Å². The molecule has 1 aliphatic heterocycles. The van der Waals surface area contributed by atoms with Gasteiger partial charge in [-0.05, 0) is 66.7 Å². The minimum Gasteiger partial charge on any atom is -0.457 e. The van der Waals surface area contributed by atoms with Crippen molar-refractivity contribution < 1.29 is 9.53 Å². The van der Waals surface area contributed by atoms with E-state index in [1.54, 1.807) is 12.1 Å². The number of ether oxygens (including phenoxy) is 1. The first-order chi connectivity index (χ1) is 17.0. The Morgan fingerprint density at radius 1 is 0.886 bits per heavy atom. The van der Waals surface area contributed by atoms with Crippen LogP contribution in [0.2, 0.25) is 10.0 Å². The summed E-state index contributed by atoms with van der Waals surface area (Å²) in [5.41, 5.74) is 2.77. The molecule has 0 atom stereocenters. The number of hydrogen-bond acceptors (Lipinski definition) is 5. The van der Waals surface area contributed by atoms with Gasteiger partial charge in [0.1, 0.15) is 11.5 Å². The van der Waals surface area contributed by atoms with E-state index in [9.17, 15) is 4.79 Å². The van der Waals surface area contributed by atoms with Gasteiger partial charge in [0, 0.05) is 59.2 Å². The summed E-state index contributed by atoms with van der Waals surface area (Å²) in [5.74, 6) is 1.30. The van der Waals surface area contributed by atoms with Gasteiger partial charge in [-0.25, -0.2) is 0 Å². The molecule has 35 heavy (non-hydrogen) atoms. The molecule has 1 N–H and O–H groups in total. The van der Waals surface area contributed by atoms with Gasteiger partial charge in [-0.3, -0.25) is 14.7 Å². The molecule has 5 rings (SSSR count). The molecule has 8 heteroatoms. The molecule has 0 bridgehead atoms. The maximum Gasteiger partial charge on any atom is 0.238 e. The minimum absolute atomic E-state index is 0.0361. The molecule has 0 spiro atoms. The van der Waals surface area contributed by atoms with Gasteiger partial charge in [-0.15, -0.1) is 0 Å². The van der Waals surface area contributed by atoms with E-state index in [-0.39, 0.29) is 5.91 Å². The number of hydrogen-bond donors (Lipinski definition) is 1. The number of benzene rings is 3. The molecule has 6 nitrogen and oxygen atoms in total. The molecule has 1 fully saturated rings. The number of nitrogens with one attached hydrogen (secondary N) is 1. The Balaban J connectivity index is 1.13. The van der Waals surface area contributed by atoms with E-state index >= 15 is 0 Å². The van der Waals surface area contributed by atoms with Gasteiger partial charge in [0.05, 0.1) is 12.1 Å². The third-order valence-electron chi connectivity index (χ3n) is 5.93. The molecule has 1 aromatic heterocycles. The van der Waals surface area contributed by atoms with Crippen molar-refractivity contribution in [2.24, 2.45) is 0 Å². The zero-order chi connectivity index (χ0) is 24.2. The maximum absolute atomic E-state index is 12.6. The normalized spacial score (nSPS) is 14.2. The first kappa shape index (κ1) is 23.4. The van der Waals surface area contributed by atoms with Crippen molar-refractivity contribution >= 4 is 51.4 Å². The van der Waals surface area contributed by atoms with Crippen LogP contribution in [-0.2, 0) is 4.79 Å². The smallest absolute Gasteiger partial charge is 0.238 e. The third kappa shape index (κ3) is 5.85. The number of piperazine rings is 1. The molecule has 3 aromatic carbocycles. The highest BCUT2D eigenvalue weighted by atomic mass is 35.5. The van der Waals surface area contributed by atoms with E-state index < -0.39 is 0 Å². The van der Waals surface area contributed by atoms with E-state index in [1.807, 2.05) is 66.9 Å². The van der Waals surface area contributed by atoms with Crippen LogP contribution in [0.4, 0.5) is 11.4 Å². The second-order valence-electron chi connectivity index (χ2n) is 8.39. The fourth-order valence-corrected chi connectivity index (χ4v) is 4.55. The van der Waals surface area contributed by atoms with Crippen molar-refractivity contribution in [1.82, 2.24) is 9.88 Å². The molecule has 0 aliphatic carbocycles. The fraction of sp³-hybridized carbons (Fsp3) is 0.185. The minimum atomic E-state index is -0.0361. The molecule has 2 heterocycles. The van der Waals surface area contributed by atoms with Crippen molar-refractivity contribution in [1.29, 1.82) is 0 Å². The first-order valence-electron chi connectivity index (χ1n) is 11.4. The van der Waals surface area contributed by atoms with Crippen LogP contribution in [0, 0.1) is 0 Å². The number of carbonyl (C=O) groups is 1. The Morgan fingerprint density at radius 2 is 1.66 bits per heavy atom. The summed E-state index contributed by atoms with van der Waals surface area (Å²) in [6.45, 7) is 3.63. The standard InChI is InChI=1S/C27H24Cl2N4O2/c28-19-2-1-3-23(16-19)35-22-7-5-21(6-8-22)31-27(34)18-32-12-14-33(15-13-32)26-10-11-30-25-17-20(29)4-9-24(25)26/h1-11,16-17H,12-15,18H2,(H,31,34). The summed E-state index contributed by atoms with van der Waals surface area (Å²) in [4.78, 5) is 21.6. The van der Waals surface area contributed by atoms with Crippen LogP contribution >= 0.6 is 23.2 Å². The third-order valence-corrected chi connectivity index (χ3v) is 6.40. The average molecular weight is 507 g/mol. The Labute approximate surface area is 214 Å². The van der Waals surface area contributed by atoms with Crippen LogP contribution in [0.25, 0.3) is 10.9 Å². The summed E-state index contributed by atoms with van der Waals surface area (Å²) in [6, 6.07) is 22.4. The Morgan fingerprint density at radius 3 is 2.43 bits per heavy atom. The summed E-state index contributed by atoms with van der Waals surface area (Å²) in [7, 11) is 0. The second-order valence-corrected chi connectivity index (χ2v) is 9.26. The lowest BCUT2D eigenvalue weighted by Crippen LogP contribution is -2.48. The van der Waals surface area contributed by atoms with E-state index in [4.69, 9.17) is 27.9 Å². The summed E-state index contributed by atoms with van der Waals surface area (Å²) in [5, 5.41) is 5.36. The molecule has 1 amide bonds. The van der Waals surface area contributed by atoms with Crippen LogP contribution in [0.1, 0.15) is 0 Å². The number of anilines is 2. The largest absolute Gasteiger partial charge is 0.457 e. The highest BCUT2D eigenvalue weighted by molar-refractivity contribution is 6.31. The molecule has 0 saturated carbocycles. The predicted octanol–water partition coefficient (Wildman–Crippen LogP) is 6.09. The van der Waals surface area contributed by atoms with E-state index in [0.29, 0.717) is 28.1 Å². The highest BCUT2D eigenvalue weighted by Crippen LogP contribution is 2.28. The van der Waals surface area contributed by atoms with Gasteiger partial charge in [-0.2, -0.15) is 0 Å². The number of pyridine rings is 1. The van der Waals surface area contributed by atoms with Crippen molar-refractivity contribution in [2.45, 2.75) is 0 Å². The van der Waals surface area contributed by atoms with Gasteiger partial charge < -0.3 is 15.0 Å². The monoisotopic (exact) mass is 506 g/mol.